The molecular weight excluding hydrogens is 628 g/mol. The second-order valence-electron chi connectivity index (χ2n) is 8.02. The molecule has 7 nitrogen and oxygen atoms in total. The molecule has 0 radical (unpaired) electrons. The minimum atomic E-state index is -0.814. The van der Waals surface area contributed by atoms with Crippen molar-refractivity contribution >= 4 is 73.1 Å². The van der Waals surface area contributed by atoms with E-state index in [2.05, 4.69) is 37.2 Å². The molecule has 0 unspecified atom stereocenters. The van der Waals surface area contributed by atoms with Crippen molar-refractivity contribution in [3.05, 3.63) is 90.8 Å². The molecule has 1 aliphatic heterocycles. The maximum Gasteiger partial charge on any atom is 0.335 e. The number of rotatable bonds is 7. The molecule has 0 saturated carbocycles. The van der Waals surface area contributed by atoms with Crippen molar-refractivity contribution in [1.29, 1.82) is 0 Å². The predicted molar refractivity (Wildman–Crippen MR) is 149 cm³/mol. The number of anilines is 1. The SMILES string of the molecule is CCOc1cc(/C=C2\C(=O)NC(=O)N(c3ccc(Br)c(C)c3)C2=O)c(Br)cc1OCc1ccccc1Cl. The number of urea groups is 1. The fraction of sp³-hybridized carbons (Fsp3) is 0.148. The third-order valence-corrected chi connectivity index (χ3v) is 7.45. The molecule has 1 N–H and O–H groups in total. The third kappa shape index (κ3) is 5.89. The molecule has 1 fully saturated rings. The van der Waals surface area contributed by atoms with Gasteiger partial charge in [0.2, 0.25) is 0 Å². The van der Waals surface area contributed by atoms with Crippen molar-refractivity contribution in [3.63, 3.8) is 0 Å². The molecule has 0 spiro atoms. The van der Waals surface area contributed by atoms with Crippen molar-refractivity contribution in [2.45, 2.75) is 20.5 Å². The van der Waals surface area contributed by atoms with Crippen LogP contribution in [0.4, 0.5) is 10.5 Å². The first-order valence-corrected chi connectivity index (χ1v) is 13.2. The standard InChI is InChI=1S/C27H21Br2ClN2O5/c1-3-36-23-12-17(21(29)13-24(23)37-14-16-6-4-5-7-22(16)30)11-19-25(33)31-27(35)32(26(19)34)18-8-9-20(28)15(2)10-18/h4-13H,3,14H2,1-2H3,(H,31,33,35)/b19-11+. The van der Waals surface area contributed by atoms with E-state index < -0.39 is 17.8 Å². The second kappa shape index (κ2) is 11.5. The van der Waals surface area contributed by atoms with Crippen molar-refractivity contribution < 1.29 is 23.9 Å². The van der Waals surface area contributed by atoms with Crippen LogP contribution in [0, 0.1) is 6.92 Å². The number of hydrogen-bond donors (Lipinski definition) is 1. The van der Waals surface area contributed by atoms with Crippen LogP contribution in [0.1, 0.15) is 23.6 Å². The van der Waals surface area contributed by atoms with Crippen LogP contribution in [0.25, 0.3) is 6.08 Å². The van der Waals surface area contributed by atoms with Crippen molar-refractivity contribution in [1.82, 2.24) is 5.32 Å². The van der Waals surface area contributed by atoms with Crippen molar-refractivity contribution in [2.24, 2.45) is 0 Å². The molecule has 0 atom stereocenters. The zero-order valence-electron chi connectivity index (χ0n) is 19.8. The first-order chi connectivity index (χ1) is 17.7. The summed E-state index contributed by atoms with van der Waals surface area (Å²) >= 11 is 13.1. The average Bonchev–Trinajstić information content (AvgIpc) is 2.85. The van der Waals surface area contributed by atoms with Gasteiger partial charge in [-0.25, -0.2) is 9.69 Å². The number of carbonyl (C=O) groups is 3. The maximum atomic E-state index is 13.3. The Kier molecular flexibility index (Phi) is 8.36. The molecule has 1 aliphatic rings. The summed E-state index contributed by atoms with van der Waals surface area (Å²) in [6.07, 6.45) is 1.41. The lowest BCUT2D eigenvalue weighted by molar-refractivity contribution is -0.122. The highest BCUT2D eigenvalue weighted by Crippen LogP contribution is 2.36. The molecule has 10 heteroatoms. The molecule has 1 saturated heterocycles. The summed E-state index contributed by atoms with van der Waals surface area (Å²) < 4.78 is 13.1. The molecular formula is C27H21Br2ClN2O5. The maximum absolute atomic E-state index is 13.3. The Morgan fingerprint density at radius 2 is 1.70 bits per heavy atom. The summed E-state index contributed by atoms with van der Waals surface area (Å²) in [4.78, 5) is 39.5. The monoisotopic (exact) mass is 646 g/mol. The first-order valence-electron chi connectivity index (χ1n) is 11.2. The number of carbonyl (C=O) groups excluding carboxylic acids is 3. The summed E-state index contributed by atoms with van der Waals surface area (Å²) in [6, 6.07) is 14.9. The molecule has 190 valence electrons. The smallest absolute Gasteiger partial charge is 0.335 e. The van der Waals surface area contributed by atoms with Crippen LogP contribution in [0.15, 0.2) is 69.1 Å². The summed E-state index contributed by atoms with van der Waals surface area (Å²) in [7, 11) is 0. The van der Waals surface area contributed by atoms with Gasteiger partial charge in [-0.2, -0.15) is 0 Å². The van der Waals surface area contributed by atoms with E-state index in [4.69, 9.17) is 21.1 Å². The van der Waals surface area contributed by atoms with Crippen LogP contribution in [-0.2, 0) is 16.2 Å². The number of halogens is 3. The van der Waals surface area contributed by atoms with Crippen molar-refractivity contribution in [3.8, 4) is 11.5 Å². The van der Waals surface area contributed by atoms with Gasteiger partial charge < -0.3 is 9.47 Å². The second-order valence-corrected chi connectivity index (χ2v) is 10.1. The zero-order valence-corrected chi connectivity index (χ0v) is 23.7. The van der Waals surface area contributed by atoms with E-state index in [0.29, 0.717) is 38.9 Å². The Morgan fingerprint density at radius 3 is 2.41 bits per heavy atom. The summed E-state index contributed by atoms with van der Waals surface area (Å²) in [5, 5.41) is 2.83. The molecule has 3 aromatic carbocycles. The van der Waals surface area contributed by atoms with E-state index >= 15 is 0 Å². The summed E-state index contributed by atoms with van der Waals surface area (Å²) in [5.41, 5.74) is 2.28. The van der Waals surface area contributed by atoms with Crippen LogP contribution < -0.4 is 19.7 Å². The summed E-state index contributed by atoms with van der Waals surface area (Å²) in [6.45, 7) is 4.26. The number of amides is 4. The van der Waals surface area contributed by atoms with Crippen LogP contribution in [-0.4, -0.2) is 24.5 Å². The summed E-state index contributed by atoms with van der Waals surface area (Å²) in [5.74, 6) is -0.648. The van der Waals surface area contributed by atoms with Gasteiger partial charge in [0.15, 0.2) is 11.5 Å². The van der Waals surface area contributed by atoms with Crippen molar-refractivity contribution in [2.75, 3.05) is 11.5 Å². The van der Waals surface area contributed by atoms with Gasteiger partial charge in [-0.15, -0.1) is 0 Å². The zero-order chi connectivity index (χ0) is 26.7. The van der Waals surface area contributed by atoms with E-state index in [1.165, 1.54) is 6.08 Å². The van der Waals surface area contributed by atoms with Gasteiger partial charge in [0, 0.05) is 19.5 Å². The fourth-order valence-corrected chi connectivity index (χ4v) is 4.50. The highest BCUT2D eigenvalue weighted by molar-refractivity contribution is 9.10. The molecule has 1 heterocycles. The molecule has 0 aliphatic carbocycles. The normalized spacial score (nSPS) is 14.7. The number of nitrogens with zero attached hydrogens (tertiary/aromatic N) is 1. The van der Waals surface area contributed by atoms with Crippen LogP contribution in [0.2, 0.25) is 5.02 Å². The van der Waals surface area contributed by atoms with Crippen LogP contribution in [0.5, 0.6) is 11.5 Å². The lowest BCUT2D eigenvalue weighted by atomic mass is 10.1. The van der Waals surface area contributed by atoms with E-state index in [1.807, 2.05) is 32.0 Å². The largest absolute Gasteiger partial charge is 0.490 e. The van der Waals surface area contributed by atoms with Crippen LogP contribution in [0.3, 0.4) is 0 Å². The average molecular weight is 649 g/mol. The number of ether oxygens (including phenoxy) is 2. The molecule has 4 rings (SSSR count). The molecule has 4 amide bonds. The number of hydrogen-bond acceptors (Lipinski definition) is 5. The van der Waals surface area contributed by atoms with Crippen LogP contribution >= 0.6 is 43.5 Å². The van der Waals surface area contributed by atoms with Gasteiger partial charge in [0.05, 0.1) is 12.3 Å². The molecule has 0 bridgehead atoms. The van der Waals surface area contributed by atoms with Gasteiger partial charge in [-0.05, 0) is 67.4 Å². The van der Waals surface area contributed by atoms with E-state index in [-0.39, 0.29) is 12.2 Å². The fourth-order valence-electron chi connectivity index (χ4n) is 3.63. The number of benzene rings is 3. The molecule has 37 heavy (non-hydrogen) atoms. The number of aryl methyl sites for hydroxylation is 1. The number of imide groups is 2. The first kappa shape index (κ1) is 26.9. The Morgan fingerprint density at radius 1 is 0.973 bits per heavy atom. The highest BCUT2D eigenvalue weighted by atomic mass is 79.9. The van der Waals surface area contributed by atoms with E-state index in [1.54, 1.807) is 36.4 Å². The lowest BCUT2D eigenvalue weighted by Gasteiger charge is -2.27. The Hall–Kier alpha value is -3.14. The van der Waals surface area contributed by atoms with Gasteiger partial charge in [-0.3, -0.25) is 14.9 Å². The van der Waals surface area contributed by atoms with Gasteiger partial charge in [0.25, 0.3) is 11.8 Å². The topological polar surface area (TPSA) is 84.9 Å². The Labute approximate surface area is 235 Å². The molecule has 0 aromatic heterocycles. The third-order valence-electron chi connectivity index (χ3n) is 5.51. The number of nitrogens with one attached hydrogen (secondary N) is 1. The number of barbiturate groups is 1. The quantitative estimate of drug-likeness (QED) is 0.225. The van der Waals surface area contributed by atoms with E-state index in [0.717, 1.165) is 20.5 Å². The lowest BCUT2D eigenvalue weighted by Crippen LogP contribution is -2.54. The predicted octanol–water partition coefficient (Wildman–Crippen LogP) is 6.82. The van der Waals surface area contributed by atoms with Gasteiger partial charge in [-0.1, -0.05) is 61.7 Å². The Balaban J connectivity index is 1.68. The van der Waals surface area contributed by atoms with Gasteiger partial charge in [0.1, 0.15) is 12.2 Å². The van der Waals surface area contributed by atoms with E-state index in [9.17, 15) is 14.4 Å². The highest BCUT2D eigenvalue weighted by Gasteiger charge is 2.37. The Bertz CT molecular complexity index is 1440. The van der Waals surface area contributed by atoms with Gasteiger partial charge >= 0.3 is 6.03 Å². The minimum Gasteiger partial charge on any atom is -0.490 e. The minimum absolute atomic E-state index is 0.201. The molecule has 3 aromatic rings.